The van der Waals surface area contributed by atoms with Gasteiger partial charge in [0.15, 0.2) is 0 Å². The first-order chi connectivity index (χ1) is 10.9. The molecule has 1 aromatic rings. The molecule has 0 saturated carbocycles. The Balaban J connectivity index is 2.04. The second kappa shape index (κ2) is 7.59. The Hall–Kier alpha value is -1.88. The maximum absolute atomic E-state index is 12.7. The van der Waals surface area contributed by atoms with Gasteiger partial charge < -0.3 is 16.0 Å². The number of benzene rings is 1. The van der Waals surface area contributed by atoms with E-state index >= 15 is 0 Å². The van der Waals surface area contributed by atoms with Crippen LogP contribution in [0.4, 0.5) is 0 Å². The number of likely N-dealkylation sites (tertiary alicyclic amines) is 1. The Morgan fingerprint density at radius 1 is 1.17 bits per heavy atom. The van der Waals surface area contributed by atoms with E-state index in [1.54, 1.807) is 12.1 Å². The highest BCUT2D eigenvalue weighted by Crippen LogP contribution is 2.14. The van der Waals surface area contributed by atoms with Crippen molar-refractivity contribution < 1.29 is 9.59 Å². The molecule has 0 radical (unpaired) electrons. The Labute approximate surface area is 138 Å². The summed E-state index contributed by atoms with van der Waals surface area (Å²) in [5.74, 6) is -0.175. The lowest BCUT2D eigenvalue weighted by molar-refractivity contribution is -0.135. The van der Waals surface area contributed by atoms with Gasteiger partial charge in [0.05, 0.1) is 0 Å². The van der Waals surface area contributed by atoms with Crippen molar-refractivity contribution >= 4 is 11.8 Å². The molecule has 1 saturated heterocycles. The van der Waals surface area contributed by atoms with Gasteiger partial charge in [0.25, 0.3) is 5.91 Å². The molecular weight excluding hydrogens is 290 g/mol. The Bertz CT molecular complexity index is 546. The van der Waals surface area contributed by atoms with Crippen molar-refractivity contribution in [3.8, 4) is 0 Å². The fraction of sp³-hybridized carbons (Fsp3) is 0.556. The van der Waals surface area contributed by atoms with Crippen molar-refractivity contribution in [2.24, 2.45) is 11.7 Å². The van der Waals surface area contributed by atoms with Crippen LogP contribution in [0, 0.1) is 12.8 Å². The standard InChI is InChI=1S/C18H27N3O2/c1-12(2)16(18(23)21-10-8-15(19)9-11-21)20-17(22)14-6-4-13(3)5-7-14/h4-7,12,15-16H,8-11,19H2,1-3H3,(H,20,22). The molecule has 1 aliphatic heterocycles. The predicted molar refractivity (Wildman–Crippen MR) is 91.1 cm³/mol. The molecule has 2 amide bonds. The molecule has 1 atom stereocenters. The van der Waals surface area contributed by atoms with Crippen LogP contribution >= 0.6 is 0 Å². The van der Waals surface area contributed by atoms with E-state index in [1.807, 2.05) is 37.8 Å². The summed E-state index contributed by atoms with van der Waals surface area (Å²) in [4.78, 5) is 27.0. The van der Waals surface area contributed by atoms with Crippen molar-refractivity contribution in [1.29, 1.82) is 0 Å². The highest BCUT2D eigenvalue weighted by atomic mass is 16.2. The summed E-state index contributed by atoms with van der Waals surface area (Å²) in [7, 11) is 0. The van der Waals surface area contributed by atoms with Crippen LogP contribution in [0.3, 0.4) is 0 Å². The summed E-state index contributed by atoms with van der Waals surface area (Å²) in [6.07, 6.45) is 1.64. The number of amides is 2. The third kappa shape index (κ3) is 4.55. The summed E-state index contributed by atoms with van der Waals surface area (Å²) < 4.78 is 0. The minimum Gasteiger partial charge on any atom is -0.341 e. The normalized spacial score (nSPS) is 17.2. The highest BCUT2D eigenvalue weighted by molar-refractivity contribution is 5.97. The minimum absolute atomic E-state index is 0.00707. The van der Waals surface area contributed by atoms with Crippen LogP contribution in [0.1, 0.15) is 42.6 Å². The molecule has 0 aromatic heterocycles. The Kier molecular flexibility index (Phi) is 5.77. The minimum atomic E-state index is -0.502. The van der Waals surface area contributed by atoms with Crippen molar-refractivity contribution in [2.75, 3.05) is 13.1 Å². The fourth-order valence-electron chi connectivity index (χ4n) is 2.76. The topological polar surface area (TPSA) is 75.4 Å². The molecule has 23 heavy (non-hydrogen) atoms. The quantitative estimate of drug-likeness (QED) is 0.887. The molecule has 0 aliphatic carbocycles. The number of nitrogens with two attached hydrogens (primary N) is 1. The van der Waals surface area contributed by atoms with Crippen molar-refractivity contribution in [2.45, 2.75) is 45.7 Å². The molecule has 1 heterocycles. The lowest BCUT2D eigenvalue weighted by Crippen LogP contribution is -2.54. The lowest BCUT2D eigenvalue weighted by Gasteiger charge is -2.34. The zero-order chi connectivity index (χ0) is 17.0. The Morgan fingerprint density at radius 2 is 1.74 bits per heavy atom. The molecule has 3 N–H and O–H groups in total. The smallest absolute Gasteiger partial charge is 0.251 e. The highest BCUT2D eigenvalue weighted by Gasteiger charge is 2.30. The second-order valence-electron chi connectivity index (χ2n) is 6.72. The maximum atomic E-state index is 12.7. The van der Waals surface area contributed by atoms with E-state index in [2.05, 4.69) is 5.32 Å². The molecule has 1 aromatic carbocycles. The van der Waals surface area contributed by atoms with Gasteiger partial charge in [-0.05, 0) is 37.8 Å². The van der Waals surface area contributed by atoms with Crippen LogP contribution in [0.25, 0.3) is 0 Å². The van der Waals surface area contributed by atoms with Crippen molar-refractivity contribution in [3.05, 3.63) is 35.4 Å². The van der Waals surface area contributed by atoms with E-state index < -0.39 is 6.04 Å². The van der Waals surface area contributed by atoms with Crippen molar-refractivity contribution in [3.63, 3.8) is 0 Å². The number of rotatable bonds is 4. The molecule has 126 valence electrons. The molecule has 1 fully saturated rings. The number of nitrogens with one attached hydrogen (secondary N) is 1. The number of carbonyl (C=O) groups excluding carboxylic acids is 2. The van der Waals surface area contributed by atoms with E-state index in [0.29, 0.717) is 18.7 Å². The average Bonchev–Trinajstić information content (AvgIpc) is 2.53. The number of piperidine rings is 1. The fourth-order valence-corrected chi connectivity index (χ4v) is 2.76. The first-order valence-corrected chi connectivity index (χ1v) is 8.30. The number of hydrogen-bond acceptors (Lipinski definition) is 3. The molecule has 1 unspecified atom stereocenters. The summed E-state index contributed by atoms with van der Waals surface area (Å²) in [5, 5.41) is 2.90. The predicted octanol–water partition coefficient (Wildman–Crippen LogP) is 1.70. The van der Waals surface area contributed by atoms with Gasteiger partial charge in [0, 0.05) is 24.7 Å². The molecule has 0 bridgehead atoms. The summed E-state index contributed by atoms with van der Waals surface area (Å²) in [6, 6.07) is 7.04. The molecule has 2 rings (SSSR count). The lowest BCUT2D eigenvalue weighted by atomic mass is 9.99. The van der Waals surface area contributed by atoms with Gasteiger partial charge >= 0.3 is 0 Å². The molecule has 5 heteroatoms. The van der Waals surface area contributed by atoms with Crippen LogP contribution in [0.2, 0.25) is 0 Å². The summed E-state index contributed by atoms with van der Waals surface area (Å²) >= 11 is 0. The van der Waals surface area contributed by atoms with E-state index in [-0.39, 0.29) is 23.8 Å². The van der Waals surface area contributed by atoms with E-state index in [4.69, 9.17) is 5.73 Å². The SMILES string of the molecule is Cc1ccc(C(=O)NC(C(=O)N2CCC(N)CC2)C(C)C)cc1. The Morgan fingerprint density at radius 3 is 2.26 bits per heavy atom. The van der Waals surface area contributed by atoms with Crippen molar-refractivity contribution in [1.82, 2.24) is 10.2 Å². The first-order valence-electron chi connectivity index (χ1n) is 8.30. The number of nitrogens with zero attached hydrogens (tertiary/aromatic N) is 1. The zero-order valence-corrected chi connectivity index (χ0v) is 14.2. The maximum Gasteiger partial charge on any atom is 0.251 e. The summed E-state index contributed by atoms with van der Waals surface area (Å²) in [6.45, 7) is 7.22. The molecule has 0 spiro atoms. The van der Waals surface area contributed by atoms with Gasteiger partial charge in [-0.3, -0.25) is 9.59 Å². The molecule has 5 nitrogen and oxygen atoms in total. The van der Waals surface area contributed by atoms with E-state index in [1.165, 1.54) is 0 Å². The monoisotopic (exact) mass is 317 g/mol. The van der Waals surface area contributed by atoms with Gasteiger partial charge in [-0.25, -0.2) is 0 Å². The summed E-state index contributed by atoms with van der Waals surface area (Å²) in [5.41, 5.74) is 7.57. The van der Waals surface area contributed by atoms with Crippen LogP contribution in [0.5, 0.6) is 0 Å². The average molecular weight is 317 g/mol. The van der Waals surface area contributed by atoms with Gasteiger partial charge in [-0.15, -0.1) is 0 Å². The number of hydrogen-bond donors (Lipinski definition) is 2. The number of carbonyl (C=O) groups is 2. The van der Waals surface area contributed by atoms with Gasteiger partial charge in [-0.2, -0.15) is 0 Å². The number of aryl methyl sites for hydroxylation is 1. The van der Waals surface area contributed by atoms with Crippen LogP contribution in [-0.2, 0) is 4.79 Å². The van der Waals surface area contributed by atoms with Gasteiger partial charge in [0.1, 0.15) is 6.04 Å². The van der Waals surface area contributed by atoms with Crippen LogP contribution in [-0.4, -0.2) is 41.9 Å². The first kappa shape index (κ1) is 17.5. The van der Waals surface area contributed by atoms with Crippen LogP contribution < -0.4 is 11.1 Å². The van der Waals surface area contributed by atoms with E-state index in [0.717, 1.165) is 18.4 Å². The second-order valence-corrected chi connectivity index (χ2v) is 6.72. The zero-order valence-electron chi connectivity index (χ0n) is 14.2. The third-order valence-corrected chi connectivity index (χ3v) is 4.38. The third-order valence-electron chi connectivity index (χ3n) is 4.38. The molecular formula is C18H27N3O2. The van der Waals surface area contributed by atoms with Gasteiger partial charge in [-0.1, -0.05) is 31.5 Å². The largest absolute Gasteiger partial charge is 0.341 e. The van der Waals surface area contributed by atoms with Crippen LogP contribution in [0.15, 0.2) is 24.3 Å². The molecule has 1 aliphatic rings. The van der Waals surface area contributed by atoms with Gasteiger partial charge in [0.2, 0.25) is 5.91 Å². The van der Waals surface area contributed by atoms with E-state index in [9.17, 15) is 9.59 Å².